The number of hydrogen-bond donors (Lipinski definition) is 1. The first kappa shape index (κ1) is 11.3. The van der Waals surface area contributed by atoms with E-state index in [2.05, 4.69) is 18.8 Å². The molecule has 1 rings (SSSR count). The molecule has 0 heterocycles. The second kappa shape index (κ2) is 6.68. The Morgan fingerprint density at radius 1 is 1.29 bits per heavy atom. The molecule has 14 heavy (non-hydrogen) atoms. The van der Waals surface area contributed by atoms with Crippen LogP contribution in [0.2, 0.25) is 0 Å². The smallest absolute Gasteiger partial charge is 0.104 e. The summed E-state index contributed by atoms with van der Waals surface area (Å²) in [6.45, 7) is 2.22. The zero-order valence-electron chi connectivity index (χ0n) is 9.10. The third-order valence-electron chi connectivity index (χ3n) is 2.73. The van der Waals surface area contributed by atoms with Gasteiger partial charge >= 0.3 is 0 Å². The second-order valence-corrected chi connectivity index (χ2v) is 3.85. The van der Waals surface area contributed by atoms with Gasteiger partial charge in [0.05, 0.1) is 0 Å². The van der Waals surface area contributed by atoms with Gasteiger partial charge in [0.2, 0.25) is 0 Å². The number of hydrogen-bond acceptors (Lipinski definition) is 1. The van der Waals surface area contributed by atoms with E-state index in [1.807, 2.05) is 0 Å². The van der Waals surface area contributed by atoms with Crippen molar-refractivity contribution in [3.05, 3.63) is 11.1 Å². The van der Waals surface area contributed by atoms with Gasteiger partial charge in [0.15, 0.2) is 0 Å². The average molecular weight is 192 g/mol. The summed E-state index contributed by atoms with van der Waals surface area (Å²) in [5, 5.41) is 8.66. The Kier molecular flexibility index (Phi) is 5.40. The molecule has 0 bridgehead atoms. The maximum Gasteiger partial charge on any atom is 0.104 e. The Bertz CT molecular complexity index is 252. The van der Waals surface area contributed by atoms with Gasteiger partial charge in [0.1, 0.15) is 6.61 Å². The van der Waals surface area contributed by atoms with E-state index in [-0.39, 0.29) is 6.61 Å². The third kappa shape index (κ3) is 3.55. The van der Waals surface area contributed by atoms with E-state index in [0.29, 0.717) is 0 Å². The van der Waals surface area contributed by atoms with Crippen molar-refractivity contribution < 1.29 is 5.11 Å². The predicted octanol–water partition coefficient (Wildman–Crippen LogP) is 3.04. The number of aliphatic hydroxyl groups excluding tert-OH is 1. The highest BCUT2D eigenvalue weighted by Crippen LogP contribution is 2.27. The van der Waals surface area contributed by atoms with Crippen molar-refractivity contribution in [1.29, 1.82) is 0 Å². The topological polar surface area (TPSA) is 20.2 Å². The van der Waals surface area contributed by atoms with Gasteiger partial charge in [-0.1, -0.05) is 30.8 Å². The van der Waals surface area contributed by atoms with Crippen LogP contribution in [0, 0.1) is 11.8 Å². The largest absolute Gasteiger partial charge is 0.384 e. The molecule has 1 aliphatic carbocycles. The number of aliphatic hydroxyl groups is 1. The number of rotatable bonds is 3. The van der Waals surface area contributed by atoms with Crippen LogP contribution in [-0.4, -0.2) is 11.7 Å². The summed E-state index contributed by atoms with van der Waals surface area (Å²) in [6.07, 6.45) is 8.70. The van der Waals surface area contributed by atoms with Gasteiger partial charge in [-0.05, 0) is 38.5 Å². The van der Waals surface area contributed by atoms with Crippen LogP contribution in [-0.2, 0) is 0 Å². The highest BCUT2D eigenvalue weighted by Gasteiger charge is 2.10. The molecule has 0 saturated heterocycles. The van der Waals surface area contributed by atoms with Crippen molar-refractivity contribution in [2.75, 3.05) is 6.61 Å². The Hall–Kier alpha value is -0.740. The lowest BCUT2D eigenvalue weighted by Gasteiger charge is -2.16. The minimum absolute atomic E-state index is 0.00937. The molecule has 0 unspecified atom stereocenters. The third-order valence-corrected chi connectivity index (χ3v) is 2.73. The molecular formula is C13H20O. The second-order valence-electron chi connectivity index (χ2n) is 3.85. The number of allylic oxidation sites excluding steroid dienone is 2. The highest BCUT2D eigenvalue weighted by atomic mass is 16.2. The molecule has 0 aromatic heterocycles. The Morgan fingerprint density at radius 2 is 2.07 bits per heavy atom. The van der Waals surface area contributed by atoms with Gasteiger partial charge in [-0.3, -0.25) is 0 Å². The fourth-order valence-electron chi connectivity index (χ4n) is 1.93. The summed E-state index contributed by atoms with van der Waals surface area (Å²) >= 11 is 0. The van der Waals surface area contributed by atoms with Crippen LogP contribution in [0.25, 0.3) is 0 Å². The molecule has 0 fully saturated rings. The molecule has 1 N–H and O–H groups in total. The maximum absolute atomic E-state index is 8.66. The first-order chi connectivity index (χ1) is 6.88. The van der Waals surface area contributed by atoms with E-state index < -0.39 is 0 Å². The van der Waals surface area contributed by atoms with Crippen molar-refractivity contribution in [1.82, 2.24) is 0 Å². The molecule has 0 spiro atoms. The summed E-state index contributed by atoms with van der Waals surface area (Å²) in [4.78, 5) is 0. The van der Waals surface area contributed by atoms with Crippen LogP contribution in [0.15, 0.2) is 11.1 Å². The summed E-state index contributed by atoms with van der Waals surface area (Å²) in [5.41, 5.74) is 2.87. The Balaban J connectivity index is 2.64. The highest BCUT2D eigenvalue weighted by molar-refractivity contribution is 5.35. The van der Waals surface area contributed by atoms with E-state index in [9.17, 15) is 0 Å². The normalized spacial score (nSPS) is 16.4. The molecule has 0 saturated carbocycles. The van der Waals surface area contributed by atoms with Gasteiger partial charge in [-0.25, -0.2) is 0 Å². The quantitative estimate of drug-likeness (QED) is 0.681. The van der Waals surface area contributed by atoms with E-state index in [1.54, 1.807) is 5.57 Å². The SMILES string of the molecule is CCCCC1=C(C#CCO)CCCC1. The van der Waals surface area contributed by atoms with E-state index in [0.717, 1.165) is 6.42 Å². The zero-order chi connectivity index (χ0) is 10.2. The molecule has 0 radical (unpaired) electrons. The molecule has 1 aliphatic rings. The minimum Gasteiger partial charge on any atom is -0.384 e. The van der Waals surface area contributed by atoms with Gasteiger partial charge in [-0.15, -0.1) is 0 Å². The zero-order valence-corrected chi connectivity index (χ0v) is 9.10. The van der Waals surface area contributed by atoms with Gasteiger partial charge in [-0.2, -0.15) is 0 Å². The van der Waals surface area contributed by atoms with Crippen molar-refractivity contribution in [2.45, 2.75) is 51.9 Å². The summed E-state index contributed by atoms with van der Waals surface area (Å²) in [5.74, 6) is 5.88. The minimum atomic E-state index is -0.00937. The molecule has 0 atom stereocenters. The van der Waals surface area contributed by atoms with Crippen LogP contribution in [0.4, 0.5) is 0 Å². The standard InChI is InChI=1S/C13H20O/c1-2-3-7-12-8-4-5-9-13(12)10-6-11-14/h14H,2-5,7-9,11H2,1H3. The van der Waals surface area contributed by atoms with Gasteiger partial charge in [0, 0.05) is 5.57 Å². The molecule has 78 valence electrons. The monoisotopic (exact) mass is 192 g/mol. The lowest BCUT2D eigenvalue weighted by atomic mass is 9.89. The maximum atomic E-state index is 8.66. The summed E-state index contributed by atoms with van der Waals surface area (Å²) < 4.78 is 0. The molecule has 0 amide bonds. The molecule has 0 aliphatic heterocycles. The average Bonchev–Trinajstić information content (AvgIpc) is 2.24. The molecule has 1 heteroatoms. The van der Waals surface area contributed by atoms with E-state index in [1.165, 1.54) is 44.1 Å². The van der Waals surface area contributed by atoms with Crippen LogP contribution in [0.5, 0.6) is 0 Å². The molecule has 1 nitrogen and oxygen atoms in total. The molecule has 0 aromatic rings. The van der Waals surface area contributed by atoms with E-state index in [4.69, 9.17) is 5.11 Å². The first-order valence-corrected chi connectivity index (χ1v) is 5.69. The van der Waals surface area contributed by atoms with Crippen molar-refractivity contribution >= 4 is 0 Å². The summed E-state index contributed by atoms with van der Waals surface area (Å²) in [7, 11) is 0. The predicted molar refractivity (Wildman–Crippen MR) is 59.9 cm³/mol. The van der Waals surface area contributed by atoms with E-state index >= 15 is 0 Å². The van der Waals surface area contributed by atoms with Crippen LogP contribution in [0.3, 0.4) is 0 Å². The number of unbranched alkanes of at least 4 members (excludes halogenated alkanes) is 1. The van der Waals surface area contributed by atoms with Crippen LogP contribution < -0.4 is 0 Å². The van der Waals surface area contributed by atoms with Crippen LogP contribution in [0.1, 0.15) is 51.9 Å². The van der Waals surface area contributed by atoms with Crippen molar-refractivity contribution in [3.8, 4) is 11.8 Å². The van der Waals surface area contributed by atoms with Gasteiger partial charge in [0.25, 0.3) is 0 Å². The Morgan fingerprint density at radius 3 is 2.79 bits per heavy atom. The molecular weight excluding hydrogens is 172 g/mol. The van der Waals surface area contributed by atoms with Crippen LogP contribution >= 0.6 is 0 Å². The fourth-order valence-corrected chi connectivity index (χ4v) is 1.93. The van der Waals surface area contributed by atoms with Gasteiger partial charge < -0.3 is 5.11 Å². The lowest BCUT2D eigenvalue weighted by Crippen LogP contribution is -1.99. The lowest BCUT2D eigenvalue weighted by molar-refractivity contribution is 0.350. The summed E-state index contributed by atoms with van der Waals surface area (Å²) in [6, 6.07) is 0. The van der Waals surface area contributed by atoms with Crippen molar-refractivity contribution in [3.63, 3.8) is 0 Å². The Labute approximate surface area is 87.2 Å². The van der Waals surface area contributed by atoms with Crippen molar-refractivity contribution in [2.24, 2.45) is 0 Å². The molecule has 0 aromatic carbocycles. The fraction of sp³-hybridized carbons (Fsp3) is 0.692. The first-order valence-electron chi connectivity index (χ1n) is 5.69.